The minimum Gasteiger partial charge on any atom is -0.497 e. The van der Waals surface area contributed by atoms with Gasteiger partial charge >= 0.3 is 0 Å². The zero-order valence-electron chi connectivity index (χ0n) is 14.8. The van der Waals surface area contributed by atoms with Crippen LogP contribution in [0.25, 0.3) is 0 Å². The maximum absolute atomic E-state index is 12.4. The maximum atomic E-state index is 12.4. The molecule has 0 saturated carbocycles. The van der Waals surface area contributed by atoms with E-state index in [1.807, 2.05) is 38.1 Å². The molecule has 8 heteroatoms. The highest BCUT2D eigenvalue weighted by Gasteiger charge is 2.18. The number of sulfonamides is 1. The van der Waals surface area contributed by atoms with Crippen LogP contribution in [0.5, 0.6) is 5.75 Å². The molecule has 2 aromatic carbocycles. The van der Waals surface area contributed by atoms with Crippen LogP contribution in [0.3, 0.4) is 0 Å². The predicted molar refractivity (Wildman–Crippen MR) is 103 cm³/mol. The summed E-state index contributed by atoms with van der Waals surface area (Å²) in [6.07, 6.45) is 0. The van der Waals surface area contributed by atoms with E-state index in [4.69, 9.17) is 9.88 Å². The Morgan fingerprint density at radius 1 is 1.08 bits per heavy atom. The molecular weight excluding hydrogens is 372 g/mol. The van der Waals surface area contributed by atoms with Crippen LogP contribution in [0.1, 0.15) is 25.5 Å². The molecule has 0 aliphatic carbocycles. The summed E-state index contributed by atoms with van der Waals surface area (Å²) in [7, 11) is -2.11. The molecule has 0 aromatic heterocycles. The van der Waals surface area contributed by atoms with E-state index in [0.29, 0.717) is 0 Å². The van der Waals surface area contributed by atoms with E-state index in [-0.39, 0.29) is 22.1 Å². The summed E-state index contributed by atoms with van der Waals surface area (Å²) in [5.41, 5.74) is 0.799. The van der Waals surface area contributed by atoms with Gasteiger partial charge < -0.3 is 10.1 Å². The van der Waals surface area contributed by atoms with Gasteiger partial charge in [0.2, 0.25) is 15.9 Å². The van der Waals surface area contributed by atoms with Gasteiger partial charge in [-0.25, -0.2) is 13.6 Å². The second-order valence-electron chi connectivity index (χ2n) is 5.78. The van der Waals surface area contributed by atoms with Crippen LogP contribution in [0.4, 0.5) is 0 Å². The maximum Gasteiger partial charge on any atom is 0.238 e. The first-order chi connectivity index (χ1) is 12.2. The number of ether oxygens (including phenoxy) is 1. The monoisotopic (exact) mass is 394 g/mol. The van der Waals surface area contributed by atoms with Gasteiger partial charge in [-0.2, -0.15) is 0 Å². The quantitative estimate of drug-likeness (QED) is 0.704. The van der Waals surface area contributed by atoms with Gasteiger partial charge in [0.25, 0.3) is 0 Å². The molecule has 2 aromatic rings. The summed E-state index contributed by atoms with van der Waals surface area (Å²) in [5.74, 6) is 0.664. The summed E-state index contributed by atoms with van der Waals surface area (Å²) in [4.78, 5) is 13.4. The Morgan fingerprint density at radius 2 is 1.65 bits per heavy atom. The topological polar surface area (TPSA) is 98.5 Å². The third-order valence-electron chi connectivity index (χ3n) is 3.81. The number of rotatable bonds is 7. The lowest BCUT2D eigenvalue weighted by Gasteiger charge is -2.18. The number of hydrogen-bond donors (Lipinski definition) is 2. The fraction of sp³-hybridized carbons (Fsp3) is 0.278. The van der Waals surface area contributed by atoms with Crippen molar-refractivity contribution in [3.63, 3.8) is 0 Å². The molecule has 0 radical (unpaired) electrons. The van der Waals surface area contributed by atoms with Gasteiger partial charge in [0, 0.05) is 4.90 Å². The zero-order chi connectivity index (χ0) is 19.3. The van der Waals surface area contributed by atoms with Crippen molar-refractivity contribution >= 4 is 27.7 Å². The Morgan fingerprint density at radius 3 is 2.15 bits per heavy atom. The van der Waals surface area contributed by atoms with Gasteiger partial charge in [-0.15, -0.1) is 11.8 Å². The van der Waals surface area contributed by atoms with E-state index in [1.54, 1.807) is 19.2 Å². The van der Waals surface area contributed by atoms with Crippen LogP contribution in [-0.2, 0) is 14.8 Å². The SMILES string of the molecule is COc1ccc(SC(C)C(=O)NC(C)c2ccc(S(N)(=O)=O)cc2)cc1. The number of carbonyl (C=O) groups excluding carboxylic acids is 1. The van der Waals surface area contributed by atoms with E-state index in [1.165, 1.54) is 23.9 Å². The van der Waals surface area contributed by atoms with Gasteiger partial charge in [-0.3, -0.25) is 4.79 Å². The first kappa shape index (κ1) is 20.3. The van der Waals surface area contributed by atoms with Crippen molar-refractivity contribution in [3.8, 4) is 5.75 Å². The number of benzene rings is 2. The number of thioether (sulfide) groups is 1. The Bertz CT molecular complexity index is 850. The summed E-state index contributed by atoms with van der Waals surface area (Å²) in [5, 5.41) is 7.74. The molecule has 1 amide bonds. The van der Waals surface area contributed by atoms with Gasteiger partial charge in [-0.05, 0) is 55.8 Å². The molecule has 140 valence electrons. The Hall–Kier alpha value is -2.03. The predicted octanol–water partition coefficient (Wildman–Crippen LogP) is 2.70. The summed E-state index contributed by atoms with van der Waals surface area (Å²) >= 11 is 1.45. The van der Waals surface area contributed by atoms with E-state index in [2.05, 4.69) is 5.32 Å². The summed E-state index contributed by atoms with van der Waals surface area (Å²) < 4.78 is 27.7. The zero-order valence-corrected chi connectivity index (χ0v) is 16.4. The molecule has 0 fully saturated rings. The molecule has 0 bridgehead atoms. The molecule has 6 nitrogen and oxygen atoms in total. The van der Waals surface area contributed by atoms with Crippen molar-refractivity contribution in [2.75, 3.05) is 7.11 Å². The number of nitrogens with one attached hydrogen (secondary N) is 1. The van der Waals surface area contributed by atoms with E-state index in [9.17, 15) is 13.2 Å². The molecule has 0 saturated heterocycles. The number of carbonyl (C=O) groups is 1. The largest absolute Gasteiger partial charge is 0.497 e. The molecule has 3 N–H and O–H groups in total. The van der Waals surface area contributed by atoms with Gasteiger partial charge in [-0.1, -0.05) is 12.1 Å². The highest BCUT2D eigenvalue weighted by Crippen LogP contribution is 2.26. The van der Waals surface area contributed by atoms with E-state index < -0.39 is 10.0 Å². The average Bonchev–Trinajstić information content (AvgIpc) is 2.61. The van der Waals surface area contributed by atoms with Crippen LogP contribution < -0.4 is 15.2 Å². The molecule has 0 spiro atoms. The lowest BCUT2D eigenvalue weighted by molar-refractivity contribution is -0.120. The second-order valence-corrected chi connectivity index (χ2v) is 8.76. The first-order valence-electron chi connectivity index (χ1n) is 7.94. The molecule has 26 heavy (non-hydrogen) atoms. The molecule has 2 unspecified atom stereocenters. The third kappa shape index (κ3) is 5.48. The Kier molecular flexibility index (Phi) is 6.69. The fourth-order valence-corrected chi connectivity index (χ4v) is 3.66. The Labute approximate surface area is 158 Å². The number of amides is 1. The van der Waals surface area contributed by atoms with Gasteiger partial charge in [0.15, 0.2) is 0 Å². The highest BCUT2D eigenvalue weighted by atomic mass is 32.2. The first-order valence-corrected chi connectivity index (χ1v) is 10.4. The molecule has 2 rings (SSSR count). The van der Waals surface area contributed by atoms with Crippen LogP contribution >= 0.6 is 11.8 Å². The van der Waals surface area contributed by atoms with Crippen molar-refractivity contribution in [2.45, 2.75) is 34.9 Å². The average molecular weight is 395 g/mol. The third-order valence-corrected chi connectivity index (χ3v) is 5.85. The molecule has 2 atom stereocenters. The fourth-order valence-electron chi connectivity index (χ4n) is 2.27. The standard InChI is InChI=1S/C18H22N2O4S2/c1-12(14-4-10-17(11-5-14)26(19,22)23)20-18(21)13(2)25-16-8-6-15(24-3)7-9-16/h4-13H,1-3H3,(H,20,21)(H2,19,22,23). The number of primary sulfonamides is 1. The van der Waals surface area contributed by atoms with Crippen LogP contribution in [-0.4, -0.2) is 26.7 Å². The van der Waals surface area contributed by atoms with E-state index in [0.717, 1.165) is 16.2 Å². The van der Waals surface area contributed by atoms with Crippen molar-refractivity contribution in [3.05, 3.63) is 54.1 Å². The molecule has 0 heterocycles. The number of hydrogen-bond acceptors (Lipinski definition) is 5. The summed E-state index contributed by atoms with van der Waals surface area (Å²) in [6, 6.07) is 13.4. The van der Waals surface area contributed by atoms with Crippen molar-refractivity contribution in [2.24, 2.45) is 5.14 Å². The number of nitrogens with two attached hydrogens (primary N) is 1. The minimum atomic E-state index is -3.72. The lowest BCUT2D eigenvalue weighted by Crippen LogP contribution is -2.33. The van der Waals surface area contributed by atoms with Gasteiger partial charge in [0.05, 0.1) is 23.3 Å². The van der Waals surface area contributed by atoms with Gasteiger partial charge in [0.1, 0.15) is 5.75 Å². The molecular formula is C18H22N2O4S2. The lowest BCUT2D eigenvalue weighted by atomic mass is 10.1. The number of methoxy groups -OCH3 is 1. The summed E-state index contributed by atoms with van der Waals surface area (Å²) in [6.45, 7) is 3.68. The second kappa shape index (κ2) is 8.57. The van der Waals surface area contributed by atoms with Crippen molar-refractivity contribution < 1.29 is 17.9 Å². The molecule has 0 aliphatic heterocycles. The van der Waals surface area contributed by atoms with Crippen molar-refractivity contribution in [1.82, 2.24) is 5.32 Å². The molecule has 0 aliphatic rings. The van der Waals surface area contributed by atoms with Crippen LogP contribution in [0.15, 0.2) is 58.3 Å². The highest BCUT2D eigenvalue weighted by molar-refractivity contribution is 8.00. The minimum absolute atomic E-state index is 0.0446. The Balaban J connectivity index is 1.96. The van der Waals surface area contributed by atoms with Crippen molar-refractivity contribution in [1.29, 1.82) is 0 Å². The van der Waals surface area contributed by atoms with E-state index >= 15 is 0 Å². The van der Waals surface area contributed by atoms with Crippen LogP contribution in [0, 0.1) is 0 Å². The van der Waals surface area contributed by atoms with Crippen LogP contribution in [0.2, 0.25) is 0 Å². The smallest absolute Gasteiger partial charge is 0.238 e. The normalized spacial score (nSPS) is 13.7.